The predicted molar refractivity (Wildman–Crippen MR) is 154 cm³/mol. The molecular weight excluding hydrogens is 534 g/mol. The Balaban J connectivity index is 1.29. The summed E-state index contributed by atoms with van der Waals surface area (Å²) in [6, 6.07) is 23.5. The van der Waals surface area contributed by atoms with E-state index in [4.69, 9.17) is 16.3 Å². The molecule has 9 heteroatoms. The highest BCUT2D eigenvalue weighted by Gasteiger charge is 2.38. The molecule has 0 radical (unpaired) electrons. The van der Waals surface area contributed by atoms with E-state index in [1.807, 2.05) is 49.4 Å². The topological polar surface area (TPSA) is 70.2 Å². The van der Waals surface area contributed by atoms with Crippen LogP contribution >= 0.6 is 11.6 Å². The molecule has 3 aromatic carbocycles. The summed E-state index contributed by atoms with van der Waals surface area (Å²) in [5.41, 5.74) is 2.83. The van der Waals surface area contributed by atoms with Crippen LogP contribution in [-0.4, -0.2) is 62.6 Å². The van der Waals surface area contributed by atoms with Gasteiger partial charge in [-0.2, -0.15) is 0 Å². The molecule has 7 nitrogen and oxygen atoms in total. The Hall–Kier alpha value is -3.07. The lowest BCUT2D eigenvalue weighted by Crippen LogP contribution is -2.48. The Morgan fingerprint density at radius 1 is 1.00 bits per heavy atom. The van der Waals surface area contributed by atoms with E-state index < -0.39 is 22.2 Å². The van der Waals surface area contributed by atoms with Crippen molar-refractivity contribution < 1.29 is 17.9 Å². The average molecular weight is 568 g/mol. The van der Waals surface area contributed by atoms with Gasteiger partial charge in [0.05, 0.1) is 16.6 Å². The smallest absolute Gasteiger partial charge is 0.410 e. The summed E-state index contributed by atoms with van der Waals surface area (Å²) in [5, 5.41) is 0.465. The van der Waals surface area contributed by atoms with Crippen LogP contribution in [0.25, 0.3) is 0 Å². The van der Waals surface area contributed by atoms with E-state index in [-0.39, 0.29) is 17.5 Å². The van der Waals surface area contributed by atoms with Crippen molar-refractivity contribution in [3.05, 3.63) is 95.0 Å². The second-order valence-corrected chi connectivity index (χ2v) is 12.4. The van der Waals surface area contributed by atoms with Crippen molar-refractivity contribution in [1.82, 2.24) is 9.80 Å². The molecule has 0 spiro atoms. The van der Waals surface area contributed by atoms with Crippen LogP contribution in [0.3, 0.4) is 0 Å². The number of carbonyl (C=O) groups is 1. The van der Waals surface area contributed by atoms with Crippen LogP contribution in [0.15, 0.2) is 83.8 Å². The standard InChI is InChI=1S/C30H34ClN3O4S/c1-2-33(26-18-19-32(21-26)20-23-8-4-3-5-9-23)30(35)38-22-27-15-12-24-10-6-7-11-29(24)34(27)39(36,37)28-16-13-25(31)14-17-28/h3-11,13-14,16-17,26-27H,2,12,15,18-22H2,1H3. The van der Waals surface area contributed by atoms with Crippen molar-refractivity contribution in [2.24, 2.45) is 0 Å². The highest BCUT2D eigenvalue weighted by atomic mass is 35.5. The van der Waals surface area contributed by atoms with Crippen LogP contribution in [-0.2, 0) is 27.7 Å². The van der Waals surface area contributed by atoms with Crippen LogP contribution in [0.5, 0.6) is 0 Å². The molecule has 2 atom stereocenters. The summed E-state index contributed by atoms with van der Waals surface area (Å²) in [6.07, 6.45) is 1.74. The number of likely N-dealkylation sites (tertiary alicyclic amines) is 1. The molecule has 0 aromatic heterocycles. The largest absolute Gasteiger partial charge is 0.447 e. The van der Waals surface area contributed by atoms with Gasteiger partial charge in [-0.05, 0) is 67.6 Å². The maximum absolute atomic E-state index is 13.8. The molecular formula is C30H34ClN3O4S. The first kappa shape index (κ1) is 27.5. The van der Waals surface area contributed by atoms with Crippen LogP contribution < -0.4 is 4.31 Å². The molecule has 3 aromatic rings. The van der Waals surface area contributed by atoms with E-state index >= 15 is 0 Å². The lowest BCUT2D eigenvalue weighted by Gasteiger charge is -2.38. The normalized spacial score (nSPS) is 19.5. The van der Waals surface area contributed by atoms with Gasteiger partial charge in [0.25, 0.3) is 10.0 Å². The molecule has 0 N–H and O–H groups in total. The van der Waals surface area contributed by atoms with Crippen LogP contribution in [0.4, 0.5) is 10.5 Å². The Bertz CT molecular complexity index is 1380. The minimum Gasteiger partial charge on any atom is -0.447 e. The Morgan fingerprint density at radius 3 is 2.46 bits per heavy atom. The third-order valence-electron chi connectivity index (χ3n) is 7.59. The summed E-state index contributed by atoms with van der Waals surface area (Å²) in [4.78, 5) is 17.6. The van der Waals surface area contributed by atoms with Crippen molar-refractivity contribution >= 4 is 33.4 Å². The van der Waals surface area contributed by atoms with E-state index in [0.29, 0.717) is 30.1 Å². The van der Waals surface area contributed by atoms with Crippen LogP contribution in [0.1, 0.15) is 30.9 Å². The van der Waals surface area contributed by atoms with Crippen LogP contribution in [0, 0.1) is 0 Å². The Morgan fingerprint density at radius 2 is 1.72 bits per heavy atom. The van der Waals surface area contributed by atoms with Crippen molar-refractivity contribution in [3.8, 4) is 0 Å². The minimum atomic E-state index is -3.90. The van der Waals surface area contributed by atoms with Crippen molar-refractivity contribution in [3.63, 3.8) is 0 Å². The zero-order valence-corrected chi connectivity index (χ0v) is 23.7. The van der Waals surface area contributed by atoms with Gasteiger partial charge in [0, 0.05) is 37.2 Å². The van der Waals surface area contributed by atoms with Gasteiger partial charge in [-0.1, -0.05) is 60.1 Å². The fourth-order valence-corrected chi connectivity index (χ4v) is 7.44. The number of nitrogens with zero attached hydrogens (tertiary/aromatic N) is 3. The van der Waals surface area contributed by atoms with Crippen molar-refractivity contribution in [2.75, 3.05) is 30.5 Å². The van der Waals surface area contributed by atoms with Gasteiger partial charge in [0.1, 0.15) is 6.61 Å². The van der Waals surface area contributed by atoms with Gasteiger partial charge in [-0.3, -0.25) is 9.21 Å². The number of para-hydroxylation sites is 1. The zero-order valence-electron chi connectivity index (χ0n) is 22.1. The number of likely N-dealkylation sites (N-methyl/N-ethyl adjacent to an activating group) is 1. The second kappa shape index (κ2) is 12.0. The number of rotatable bonds is 8. The Kier molecular flexibility index (Phi) is 8.45. The molecule has 39 heavy (non-hydrogen) atoms. The third kappa shape index (κ3) is 6.08. The summed E-state index contributed by atoms with van der Waals surface area (Å²) < 4.78 is 34.9. The van der Waals surface area contributed by atoms with E-state index in [1.165, 1.54) is 22.0 Å². The second-order valence-electron chi connectivity index (χ2n) is 10.1. The summed E-state index contributed by atoms with van der Waals surface area (Å²) in [6.45, 7) is 5.01. The van der Waals surface area contributed by atoms with Gasteiger partial charge in [-0.15, -0.1) is 0 Å². The lowest BCUT2D eigenvalue weighted by atomic mass is 9.98. The molecule has 1 saturated heterocycles. The number of carbonyl (C=O) groups excluding carboxylic acids is 1. The molecule has 2 unspecified atom stereocenters. The quantitative estimate of drug-likeness (QED) is 0.355. The average Bonchev–Trinajstić information content (AvgIpc) is 3.40. The summed E-state index contributed by atoms with van der Waals surface area (Å²) >= 11 is 6.01. The Labute approximate surface area is 236 Å². The number of benzene rings is 3. The first-order valence-electron chi connectivity index (χ1n) is 13.4. The van der Waals surface area contributed by atoms with Gasteiger partial charge in [0.2, 0.25) is 0 Å². The maximum atomic E-state index is 13.8. The fraction of sp³-hybridized carbons (Fsp3) is 0.367. The predicted octanol–water partition coefficient (Wildman–Crippen LogP) is 5.58. The number of aryl methyl sites for hydroxylation is 1. The molecule has 2 aliphatic rings. The SMILES string of the molecule is CCN(C(=O)OCC1CCc2ccccc2N1S(=O)(=O)c1ccc(Cl)cc1)C1CCN(Cc2ccccc2)C1. The van der Waals surface area contributed by atoms with Gasteiger partial charge >= 0.3 is 6.09 Å². The number of anilines is 1. The fourth-order valence-electron chi connectivity index (χ4n) is 5.61. The number of hydrogen-bond donors (Lipinski definition) is 0. The molecule has 0 bridgehead atoms. The number of ether oxygens (including phenoxy) is 1. The molecule has 2 heterocycles. The first-order chi connectivity index (χ1) is 18.9. The molecule has 0 aliphatic carbocycles. The molecule has 206 valence electrons. The highest BCUT2D eigenvalue weighted by molar-refractivity contribution is 7.92. The number of hydrogen-bond acceptors (Lipinski definition) is 5. The zero-order chi connectivity index (χ0) is 27.4. The number of fused-ring (bicyclic) bond motifs is 1. The van der Waals surface area contributed by atoms with Gasteiger partial charge in [0.15, 0.2) is 0 Å². The van der Waals surface area contributed by atoms with E-state index in [1.54, 1.807) is 17.0 Å². The van der Waals surface area contributed by atoms with Crippen molar-refractivity contribution in [1.29, 1.82) is 0 Å². The summed E-state index contributed by atoms with van der Waals surface area (Å²) in [7, 11) is -3.90. The van der Waals surface area contributed by atoms with Crippen molar-refractivity contribution in [2.45, 2.75) is 49.7 Å². The summed E-state index contributed by atoms with van der Waals surface area (Å²) in [5.74, 6) is 0. The monoisotopic (exact) mass is 567 g/mol. The molecule has 1 amide bonds. The molecule has 1 fully saturated rings. The van der Waals surface area contributed by atoms with E-state index in [2.05, 4.69) is 17.0 Å². The maximum Gasteiger partial charge on any atom is 0.410 e. The molecule has 0 saturated carbocycles. The first-order valence-corrected chi connectivity index (χ1v) is 15.3. The molecule has 5 rings (SSSR count). The number of amides is 1. The minimum absolute atomic E-state index is 0.0169. The van der Waals surface area contributed by atoms with E-state index in [0.717, 1.165) is 31.6 Å². The lowest BCUT2D eigenvalue weighted by molar-refractivity contribution is 0.0834. The van der Waals surface area contributed by atoms with Crippen LogP contribution in [0.2, 0.25) is 5.02 Å². The number of halogens is 1. The van der Waals surface area contributed by atoms with E-state index in [9.17, 15) is 13.2 Å². The number of sulfonamides is 1. The highest BCUT2D eigenvalue weighted by Crippen LogP contribution is 2.36. The van der Waals surface area contributed by atoms with Gasteiger partial charge < -0.3 is 9.64 Å². The third-order valence-corrected chi connectivity index (χ3v) is 9.72. The molecule has 2 aliphatic heterocycles. The van der Waals surface area contributed by atoms with Gasteiger partial charge in [-0.25, -0.2) is 13.2 Å².